The van der Waals surface area contributed by atoms with Crippen LogP contribution in [-0.4, -0.2) is 30.4 Å². The van der Waals surface area contributed by atoms with Gasteiger partial charge in [0.15, 0.2) is 0 Å². The van der Waals surface area contributed by atoms with E-state index in [1.807, 2.05) is 6.07 Å². The number of benzene rings is 1. The van der Waals surface area contributed by atoms with E-state index in [-0.39, 0.29) is 11.7 Å². The Kier molecular flexibility index (Phi) is 2.11. The van der Waals surface area contributed by atoms with Gasteiger partial charge in [0, 0.05) is 18.1 Å². The lowest BCUT2D eigenvalue weighted by molar-refractivity contribution is 0.0483. The maximum atomic E-state index is 11.1. The quantitative estimate of drug-likeness (QED) is 0.781. The highest BCUT2D eigenvalue weighted by Crippen LogP contribution is 2.42. The minimum Gasteiger partial charge on any atom is -0.490 e. The first kappa shape index (κ1) is 9.66. The average molecular weight is 220 g/mol. The zero-order valence-electron chi connectivity index (χ0n) is 8.68. The molecule has 4 nitrogen and oxygen atoms in total. The lowest BCUT2D eigenvalue weighted by Crippen LogP contribution is -2.29. The highest BCUT2D eigenvalue weighted by atomic mass is 16.5. The zero-order valence-corrected chi connectivity index (χ0v) is 8.68. The Morgan fingerprint density at radius 2 is 2.31 bits per heavy atom. The summed E-state index contributed by atoms with van der Waals surface area (Å²) in [5.74, 6) is -0.112. The summed E-state index contributed by atoms with van der Waals surface area (Å²) in [5, 5.41) is 9.07. The van der Waals surface area contributed by atoms with Gasteiger partial charge in [-0.05, 0) is 12.5 Å². The lowest BCUT2D eigenvalue weighted by Gasteiger charge is -2.28. The largest absolute Gasteiger partial charge is 0.490 e. The molecule has 0 bridgehead atoms. The summed E-state index contributed by atoms with van der Waals surface area (Å²) in [4.78, 5) is 11.1. The number of carboxylic acid groups (broad SMARTS) is 1. The number of rotatable bonds is 1. The Balaban J connectivity index is 2.10. The van der Waals surface area contributed by atoms with Crippen molar-refractivity contribution in [3.8, 4) is 5.75 Å². The van der Waals surface area contributed by atoms with Gasteiger partial charge in [0.25, 0.3) is 0 Å². The molecule has 16 heavy (non-hydrogen) atoms. The molecule has 2 atom stereocenters. The number of hydrogen-bond acceptors (Lipinski definition) is 3. The molecular formula is C12H12O4. The fraction of sp³-hybridized carbons (Fsp3) is 0.417. The predicted octanol–water partition coefficient (Wildman–Crippen LogP) is 1.65. The van der Waals surface area contributed by atoms with Crippen LogP contribution in [0.4, 0.5) is 0 Å². The van der Waals surface area contributed by atoms with Gasteiger partial charge < -0.3 is 14.6 Å². The summed E-state index contributed by atoms with van der Waals surface area (Å²) in [6.45, 7) is 1.19. The number of para-hydroxylation sites is 1. The molecule has 84 valence electrons. The number of ether oxygens (including phenoxy) is 2. The molecule has 0 aliphatic carbocycles. The first-order valence-corrected chi connectivity index (χ1v) is 5.38. The van der Waals surface area contributed by atoms with Gasteiger partial charge in [-0.3, -0.25) is 0 Å². The maximum Gasteiger partial charge on any atom is 0.339 e. The van der Waals surface area contributed by atoms with Crippen LogP contribution in [0.5, 0.6) is 5.75 Å². The molecule has 1 fully saturated rings. The van der Waals surface area contributed by atoms with Gasteiger partial charge in [0.1, 0.15) is 17.9 Å². The third kappa shape index (κ3) is 1.30. The Morgan fingerprint density at radius 3 is 3.12 bits per heavy atom. The van der Waals surface area contributed by atoms with Crippen molar-refractivity contribution in [2.75, 3.05) is 13.2 Å². The molecule has 2 aliphatic heterocycles. The van der Waals surface area contributed by atoms with Crippen molar-refractivity contribution < 1.29 is 19.4 Å². The van der Waals surface area contributed by atoms with Crippen LogP contribution in [0, 0.1) is 0 Å². The molecule has 0 saturated carbocycles. The van der Waals surface area contributed by atoms with Crippen molar-refractivity contribution in [1.29, 1.82) is 0 Å². The molecule has 2 heterocycles. The molecule has 2 unspecified atom stereocenters. The smallest absolute Gasteiger partial charge is 0.339 e. The van der Waals surface area contributed by atoms with Gasteiger partial charge >= 0.3 is 5.97 Å². The van der Waals surface area contributed by atoms with Gasteiger partial charge in [0.05, 0.1) is 6.10 Å². The summed E-state index contributed by atoms with van der Waals surface area (Å²) in [7, 11) is 0. The fourth-order valence-electron chi connectivity index (χ4n) is 2.51. The second-order valence-electron chi connectivity index (χ2n) is 4.14. The van der Waals surface area contributed by atoms with Gasteiger partial charge in [-0.1, -0.05) is 12.1 Å². The molecule has 1 aromatic rings. The van der Waals surface area contributed by atoms with Crippen molar-refractivity contribution in [2.24, 2.45) is 0 Å². The van der Waals surface area contributed by atoms with E-state index in [1.54, 1.807) is 12.1 Å². The fourth-order valence-corrected chi connectivity index (χ4v) is 2.51. The molecule has 4 heteroatoms. The second-order valence-corrected chi connectivity index (χ2v) is 4.14. The monoisotopic (exact) mass is 220 g/mol. The zero-order chi connectivity index (χ0) is 11.1. The highest BCUT2D eigenvalue weighted by Gasteiger charge is 2.37. The van der Waals surface area contributed by atoms with Gasteiger partial charge in [-0.25, -0.2) is 4.79 Å². The molecule has 0 amide bonds. The number of aromatic carboxylic acids is 1. The Labute approximate surface area is 92.8 Å². The summed E-state index contributed by atoms with van der Waals surface area (Å²) in [6, 6.07) is 5.29. The molecular weight excluding hydrogens is 208 g/mol. The number of carbonyl (C=O) groups is 1. The van der Waals surface area contributed by atoms with E-state index in [1.165, 1.54) is 0 Å². The van der Waals surface area contributed by atoms with Gasteiger partial charge in [-0.2, -0.15) is 0 Å². The Morgan fingerprint density at radius 1 is 1.44 bits per heavy atom. The third-order valence-corrected chi connectivity index (χ3v) is 3.28. The first-order chi connectivity index (χ1) is 7.77. The van der Waals surface area contributed by atoms with Crippen molar-refractivity contribution in [3.63, 3.8) is 0 Å². The van der Waals surface area contributed by atoms with Crippen molar-refractivity contribution in [3.05, 3.63) is 29.3 Å². The second kappa shape index (κ2) is 3.49. The number of carboxylic acids is 1. The van der Waals surface area contributed by atoms with Crippen LogP contribution in [0.3, 0.4) is 0 Å². The van der Waals surface area contributed by atoms with Crippen LogP contribution in [-0.2, 0) is 4.74 Å². The minimum absolute atomic E-state index is 0.0940. The van der Waals surface area contributed by atoms with E-state index in [9.17, 15) is 4.79 Å². The summed E-state index contributed by atoms with van der Waals surface area (Å²) < 4.78 is 11.1. The molecule has 3 rings (SSSR count). The average Bonchev–Trinajstić information content (AvgIpc) is 2.76. The van der Waals surface area contributed by atoms with Crippen molar-refractivity contribution in [2.45, 2.75) is 18.4 Å². The number of hydrogen-bond donors (Lipinski definition) is 1. The van der Waals surface area contributed by atoms with Crippen LogP contribution in [0.1, 0.15) is 28.3 Å². The summed E-state index contributed by atoms with van der Waals surface area (Å²) >= 11 is 0. The van der Waals surface area contributed by atoms with E-state index in [0.29, 0.717) is 18.3 Å². The maximum absolute atomic E-state index is 11.1. The molecule has 2 aliphatic rings. The van der Waals surface area contributed by atoms with Gasteiger partial charge in [-0.15, -0.1) is 0 Å². The van der Waals surface area contributed by atoms with E-state index < -0.39 is 5.97 Å². The number of fused-ring (bicyclic) bond motifs is 3. The van der Waals surface area contributed by atoms with E-state index in [4.69, 9.17) is 14.6 Å². The molecule has 0 radical (unpaired) electrons. The van der Waals surface area contributed by atoms with E-state index >= 15 is 0 Å². The SMILES string of the molecule is O=C(O)c1cccc2c1OCC1OCCC21. The predicted molar refractivity (Wildman–Crippen MR) is 56.0 cm³/mol. The molecule has 1 aromatic carbocycles. The van der Waals surface area contributed by atoms with E-state index in [2.05, 4.69) is 0 Å². The minimum atomic E-state index is -0.936. The lowest BCUT2D eigenvalue weighted by atomic mass is 9.89. The molecule has 0 spiro atoms. The summed E-state index contributed by atoms with van der Waals surface area (Å²) in [5.41, 5.74) is 1.23. The Bertz CT molecular complexity index is 441. The third-order valence-electron chi connectivity index (χ3n) is 3.28. The normalized spacial score (nSPS) is 26.8. The molecule has 1 saturated heterocycles. The topological polar surface area (TPSA) is 55.8 Å². The van der Waals surface area contributed by atoms with E-state index in [0.717, 1.165) is 18.6 Å². The standard InChI is InChI=1S/C12H12O4/c13-12(14)9-3-1-2-8-7-4-5-15-10(7)6-16-11(8)9/h1-3,7,10H,4-6H2,(H,13,14). The van der Waals surface area contributed by atoms with Crippen LogP contribution in [0.15, 0.2) is 18.2 Å². The summed E-state index contributed by atoms with van der Waals surface area (Å²) in [6.07, 6.45) is 1.04. The molecule has 1 N–H and O–H groups in total. The van der Waals surface area contributed by atoms with Gasteiger partial charge in [0.2, 0.25) is 0 Å². The highest BCUT2D eigenvalue weighted by molar-refractivity contribution is 5.91. The van der Waals surface area contributed by atoms with Crippen LogP contribution in [0.25, 0.3) is 0 Å². The van der Waals surface area contributed by atoms with Crippen LogP contribution >= 0.6 is 0 Å². The van der Waals surface area contributed by atoms with Crippen molar-refractivity contribution in [1.82, 2.24) is 0 Å². The van der Waals surface area contributed by atoms with Crippen molar-refractivity contribution >= 4 is 5.97 Å². The Hall–Kier alpha value is -1.55. The van der Waals surface area contributed by atoms with Crippen LogP contribution < -0.4 is 4.74 Å². The van der Waals surface area contributed by atoms with Crippen LogP contribution in [0.2, 0.25) is 0 Å². The molecule has 0 aromatic heterocycles. The first-order valence-electron chi connectivity index (χ1n) is 5.38.